The van der Waals surface area contributed by atoms with Gasteiger partial charge in [0.05, 0.1) is 13.1 Å². The van der Waals surface area contributed by atoms with Crippen molar-refractivity contribution in [2.45, 2.75) is 32.9 Å². The largest absolute Gasteiger partial charge is 0.357 e. The van der Waals surface area contributed by atoms with Gasteiger partial charge >= 0.3 is 0 Å². The highest BCUT2D eigenvalue weighted by atomic mass is 15.3. The molecule has 0 unspecified atom stereocenters. The van der Waals surface area contributed by atoms with Crippen molar-refractivity contribution in [2.75, 3.05) is 19.6 Å². The van der Waals surface area contributed by atoms with Crippen LogP contribution in [0.25, 0.3) is 0 Å². The van der Waals surface area contributed by atoms with Crippen LogP contribution in [0.5, 0.6) is 0 Å². The van der Waals surface area contributed by atoms with E-state index in [1.807, 2.05) is 23.1 Å². The van der Waals surface area contributed by atoms with Crippen molar-refractivity contribution in [3.05, 3.63) is 53.9 Å². The van der Waals surface area contributed by atoms with Gasteiger partial charge in [0, 0.05) is 32.0 Å². The molecule has 1 aliphatic heterocycles. The quantitative estimate of drug-likeness (QED) is 0.681. The average Bonchev–Trinajstić information content (AvgIpc) is 3.26. The first-order valence-electron chi connectivity index (χ1n) is 8.44. The van der Waals surface area contributed by atoms with Gasteiger partial charge in [-0.2, -0.15) is 5.10 Å². The van der Waals surface area contributed by atoms with E-state index in [9.17, 15) is 0 Å². The molecule has 5 heteroatoms. The number of likely N-dealkylation sites (tertiary alicyclic amines) is 1. The van der Waals surface area contributed by atoms with Crippen molar-refractivity contribution >= 4 is 5.96 Å². The molecule has 0 atom stereocenters. The molecule has 122 valence electrons. The van der Waals surface area contributed by atoms with Crippen molar-refractivity contribution < 1.29 is 0 Å². The molecule has 0 spiro atoms. The highest BCUT2D eigenvalue weighted by Crippen LogP contribution is 2.13. The zero-order valence-corrected chi connectivity index (χ0v) is 13.8. The van der Waals surface area contributed by atoms with E-state index in [-0.39, 0.29) is 0 Å². The number of rotatable bonds is 5. The molecule has 23 heavy (non-hydrogen) atoms. The summed E-state index contributed by atoms with van der Waals surface area (Å²) < 4.78 is 1.95. The molecule has 0 bridgehead atoms. The van der Waals surface area contributed by atoms with Gasteiger partial charge in [-0.15, -0.1) is 0 Å². The number of aliphatic imine (C=N–C) groups is 1. The second-order valence-electron chi connectivity index (χ2n) is 5.84. The molecule has 0 amide bonds. The van der Waals surface area contributed by atoms with Gasteiger partial charge in [-0.1, -0.05) is 24.3 Å². The number of nitrogens with one attached hydrogen (secondary N) is 1. The van der Waals surface area contributed by atoms with E-state index in [4.69, 9.17) is 4.99 Å². The Morgan fingerprint density at radius 2 is 1.96 bits per heavy atom. The van der Waals surface area contributed by atoms with E-state index in [0.29, 0.717) is 6.54 Å². The maximum atomic E-state index is 4.86. The molecule has 3 rings (SSSR count). The highest BCUT2D eigenvalue weighted by molar-refractivity contribution is 5.80. The predicted octanol–water partition coefficient (Wildman–Crippen LogP) is 2.49. The highest BCUT2D eigenvalue weighted by Gasteiger charge is 2.15. The third kappa shape index (κ3) is 4.12. The number of benzene rings is 1. The third-order valence-corrected chi connectivity index (χ3v) is 4.15. The molecule has 0 saturated carbocycles. The molecule has 1 aromatic carbocycles. The van der Waals surface area contributed by atoms with Crippen LogP contribution in [0, 0.1) is 0 Å². The summed E-state index contributed by atoms with van der Waals surface area (Å²) in [7, 11) is 0. The Labute approximate surface area is 138 Å². The SMILES string of the molecule is CCNC(=NCc1ccccc1Cn1cccn1)N1CCCC1. The molecule has 1 aromatic heterocycles. The Morgan fingerprint density at radius 1 is 1.17 bits per heavy atom. The topological polar surface area (TPSA) is 45.5 Å². The number of hydrogen-bond acceptors (Lipinski definition) is 2. The summed E-state index contributed by atoms with van der Waals surface area (Å²) in [5, 5.41) is 7.72. The van der Waals surface area contributed by atoms with E-state index in [1.54, 1.807) is 0 Å². The lowest BCUT2D eigenvalue weighted by molar-refractivity contribution is 0.493. The van der Waals surface area contributed by atoms with E-state index in [0.717, 1.165) is 32.1 Å². The van der Waals surface area contributed by atoms with Gasteiger partial charge < -0.3 is 10.2 Å². The van der Waals surface area contributed by atoms with Crippen molar-refractivity contribution in [3.63, 3.8) is 0 Å². The Bertz CT molecular complexity index is 627. The Morgan fingerprint density at radius 3 is 2.65 bits per heavy atom. The third-order valence-electron chi connectivity index (χ3n) is 4.15. The standard InChI is InChI=1S/C18H25N5/c1-2-19-18(22-11-5-6-12-22)20-14-16-8-3-4-9-17(16)15-23-13-7-10-21-23/h3-4,7-10,13H,2,5-6,11-12,14-15H2,1H3,(H,19,20). The van der Waals surface area contributed by atoms with Gasteiger partial charge in [-0.05, 0) is 37.0 Å². The Balaban J connectivity index is 1.74. The molecule has 1 aliphatic rings. The zero-order chi connectivity index (χ0) is 15.9. The van der Waals surface area contributed by atoms with E-state index < -0.39 is 0 Å². The number of hydrogen-bond donors (Lipinski definition) is 1. The van der Waals surface area contributed by atoms with Gasteiger partial charge in [0.1, 0.15) is 0 Å². The Kier molecular flexibility index (Phi) is 5.29. The smallest absolute Gasteiger partial charge is 0.194 e. The summed E-state index contributed by atoms with van der Waals surface area (Å²) in [4.78, 5) is 7.22. The van der Waals surface area contributed by atoms with Crippen molar-refractivity contribution in [1.82, 2.24) is 20.0 Å². The molecular formula is C18H25N5. The minimum atomic E-state index is 0.705. The van der Waals surface area contributed by atoms with E-state index in [2.05, 4.69) is 46.5 Å². The molecule has 0 radical (unpaired) electrons. The van der Waals surface area contributed by atoms with Gasteiger partial charge in [0.25, 0.3) is 0 Å². The number of guanidine groups is 1. The first-order chi connectivity index (χ1) is 11.4. The lowest BCUT2D eigenvalue weighted by Gasteiger charge is -2.21. The van der Waals surface area contributed by atoms with Gasteiger partial charge in [-0.3, -0.25) is 4.68 Å². The summed E-state index contributed by atoms with van der Waals surface area (Å²) in [5.41, 5.74) is 2.54. The summed E-state index contributed by atoms with van der Waals surface area (Å²) >= 11 is 0. The molecule has 1 N–H and O–H groups in total. The summed E-state index contributed by atoms with van der Waals surface area (Å²) in [5.74, 6) is 1.04. The minimum Gasteiger partial charge on any atom is -0.357 e. The normalized spacial score (nSPS) is 15.2. The number of nitrogens with zero attached hydrogens (tertiary/aromatic N) is 4. The molecular weight excluding hydrogens is 286 g/mol. The van der Waals surface area contributed by atoms with Gasteiger partial charge in [-0.25, -0.2) is 4.99 Å². The van der Waals surface area contributed by atoms with E-state index >= 15 is 0 Å². The molecule has 1 saturated heterocycles. The average molecular weight is 311 g/mol. The predicted molar refractivity (Wildman–Crippen MR) is 93.4 cm³/mol. The van der Waals surface area contributed by atoms with Crippen molar-refractivity contribution in [3.8, 4) is 0 Å². The van der Waals surface area contributed by atoms with Crippen LogP contribution in [0.1, 0.15) is 30.9 Å². The zero-order valence-electron chi connectivity index (χ0n) is 13.8. The summed E-state index contributed by atoms with van der Waals surface area (Å²) in [6.45, 7) is 6.75. The summed E-state index contributed by atoms with van der Waals surface area (Å²) in [6.07, 6.45) is 6.34. The van der Waals surface area contributed by atoms with Crippen LogP contribution in [-0.4, -0.2) is 40.3 Å². The van der Waals surface area contributed by atoms with Crippen LogP contribution < -0.4 is 5.32 Å². The molecule has 1 fully saturated rings. The van der Waals surface area contributed by atoms with Crippen LogP contribution in [0.15, 0.2) is 47.7 Å². The van der Waals surface area contributed by atoms with Crippen LogP contribution in [-0.2, 0) is 13.1 Å². The molecule has 0 aliphatic carbocycles. The monoisotopic (exact) mass is 311 g/mol. The number of aromatic nitrogens is 2. The first kappa shape index (κ1) is 15.6. The maximum Gasteiger partial charge on any atom is 0.194 e. The summed E-state index contributed by atoms with van der Waals surface area (Å²) in [6, 6.07) is 10.4. The van der Waals surface area contributed by atoms with Gasteiger partial charge in [0.2, 0.25) is 0 Å². The fraction of sp³-hybridized carbons (Fsp3) is 0.444. The van der Waals surface area contributed by atoms with Crippen molar-refractivity contribution in [2.24, 2.45) is 4.99 Å². The van der Waals surface area contributed by atoms with Gasteiger partial charge in [0.15, 0.2) is 5.96 Å². The maximum absolute atomic E-state index is 4.86. The second kappa shape index (κ2) is 7.81. The van der Waals surface area contributed by atoms with Crippen LogP contribution in [0.4, 0.5) is 0 Å². The van der Waals surface area contributed by atoms with Crippen LogP contribution in [0.2, 0.25) is 0 Å². The minimum absolute atomic E-state index is 0.705. The lowest BCUT2D eigenvalue weighted by Crippen LogP contribution is -2.39. The molecule has 5 nitrogen and oxygen atoms in total. The first-order valence-corrected chi connectivity index (χ1v) is 8.44. The van der Waals surface area contributed by atoms with E-state index in [1.165, 1.54) is 24.0 Å². The molecule has 2 heterocycles. The van der Waals surface area contributed by atoms with Crippen LogP contribution in [0.3, 0.4) is 0 Å². The fourth-order valence-corrected chi connectivity index (χ4v) is 2.95. The lowest BCUT2D eigenvalue weighted by atomic mass is 10.1. The Hall–Kier alpha value is -2.30. The van der Waals surface area contributed by atoms with Crippen LogP contribution >= 0.6 is 0 Å². The molecule has 2 aromatic rings. The second-order valence-corrected chi connectivity index (χ2v) is 5.84. The fourth-order valence-electron chi connectivity index (χ4n) is 2.95. The van der Waals surface area contributed by atoms with Crippen molar-refractivity contribution in [1.29, 1.82) is 0 Å².